The lowest BCUT2D eigenvalue weighted by molar-refractivity contribution is -0.387. The summed E-state index contributed by atoms with van der Waals surface area (Å²) in [6, 6.07) is 13.0. The molecule has 2 aromatic rings. The Morgan fingerprint density at radius 2 is 1.89 bits per heavy atom. The Kier molecular flexibility index (Phi) is 3.75. The van der Waals surface area contributed by atoms with Gasteiger partial charge < -0.3 is 4.74 Å². The molecule has 0 aliphatic heterocycles. The van der Waals surface area contributed by atoms with Gasteiger partial charge in [-0.05, 0) is 18.6 Å². The molecule has 1 atom stereocenters. The summed E-state index contributed by atoms with van der Waals surface area (Å²) in [5.41, 5.74) is 0.390. The lowest BCUT2D eigenvalue weighted by Gasteiger charge is -2.14. The first-order chi connectivity index (χ1) is 9.08. The van der Waals surface area contributed by atoms with Gasteiger partial charge in [0, 0.05) is 12.1 Å². The number of ether oxygens (including phenoxy) is 1. The van der Waals surface area contributed by atoms with E-state index in [1.165, 1.54) is 6.07 Å². The highest BCUT2D eigenvalue weighted by Gasteiger charge is 2.15. The van der Waals surface area contributed by atoms with E-state index in [1.54, 1.807) is 0 Å². The summed E-state index contributed by atoms with van der Waals surface area (Å²) in [7, 11) is 0. The van der Waals surface area contributed by atoms with Crippen LogP contribution in [0.25, 0.3) is 0 Å². The third-order valence-electron chi connectivity index (χ3n) is 2.70. The predicted molar refractivity (Wildman–Crippen MR) is 68.5 cm³/mol. The van der Waals surface area contributed by atoms with Gasteiger partial charge in [-0.1, -0.05) is 30.3 Å². The molecule has 0 bridgehead atoms. The standard InChI is InChI=1S/C14H12FNO3/c1-10(11-5-3-2-4-6-11)19-12-7-8-14(16(17)18)13(15)9-12/h2-10H,1H3. The molecular weight excluding hydrogens is 249 g/mol. The van der Waals surface area contributed by atoms with E-state index in [1.807, 2.05) is 37.3 Å². The average molecular weight is 261 g/mol. The molecule has 2 rings (SSSR count). The summed E-state index contributed by atoms with van der Waals surface area (Å²) in [5, 5.41) is 10.5. The van der Waals surface area contributed by atoms with Gasteiger partial charge in [0.05, 0.1) is 4.92 Å². The maximum atomic E-state index is 13.4. The van der Waals surface area contributed by atoms with Crippen molar-refractivity contribution in [2.45, 2.75) is 13.0 Å². The van der Waals surface area contributed by atoms with Crippen LogP contribution in [0.15, 0.2) is 48.5 Å². The van der Waals surface area contributed by atoms with Crippen LogP contribution in [0.3, 0.4) is 0 Å². The van der Waals surface area contributed by atoms with Crippen molar-refractivity contribution in [2.24, 2.45) is 0 Å². The smallest absolute Gasteiger partial charge is 0.305 e. The van der Waals surface area contributed by atoms with Gasteiger partial charge in [-0.25, -0.2) is 0 Å². The lowest BCUT2D eigenvalue weighted by atomic mass is 10.1. The minimum atomic E-state index is -0.900. The Morgan fingerprint density at radius 3 is 2.47 bits per heavy atom. The van der Waals surface area contributed by atoms with Gasteiger partial charge >= 0.3 is 5.69 Å². The fourth-order valence-electron chi connectivity index (χ4n) is 1.71. The second-order valence-corrected chi connectivity index (χ2v) is 4.04. The molecule has 19 heavy (non-hydrogen) atoms. The molecule has 0 heterocycles. The van der Waals surface area contributed by atoms with Crippen molar-refractivity contribution in [3.05, 3.63) is 70.0 Å². The first-order valence-corrected chi connectivity index (χ1v) is 5.73. The van der Waals surface area contributed by atoms with Crippen molar-refractivity contribution in [1.29, 1.82) is 0 Å². The average Bonchev–Trinajstić information content (AvgIpc) is 2.39. The molecule has 0 saturated heterocycles. The van der Waals surface area contributed by atoms with Gasteiger partial charge in [-0.2, -0.15) is 4.39 Å². The van der Waals surface area contributed by atoms with Crippen molar-refractivity contribution >= 4 is 5.69 Å². The minimum absolute atomic E-state index is 0.262. The number of nitro benzene ring substituents is 1. The fraction of sp³-hybridized carbons (Fsp3) is 0.143. The molecule has 2 aromatic carbocycles. The molecule has 0 spiro atoms. The zero-order valence-electron chi connectivity index (χ0n) is 10.2. The van der Waals surface area contributed by atoms with Crippen LogP contribution in [-0.4, -0.2) is 4.92 Å². The van der Waals surface area contributed by atoms with Gasteiger partial charge in [-0.3, -0.25) is 10.1 Å². The molecule has 98 valence electrons. The van der Waals surface area contributed by atoms with Crippen LogP contribution in [0.5, 0.6) is 5.75 Å². The van der Waals surface area contributed by atoms with Crippen molar-refractivity contribution in [3.63, 3.8) is 0 Å². The molecule has 5 heteroatoms. The summed E-state index contributed by atoms with van der Waals surface area (Å²) in [6.45, 7) is 1.83. The van der Waals surface area contributed by atoms with Crippen molar-refractivity contribution in [2.75, 3.05) is 0 Å². The fourth-order valence-corrected chi connectivity index (χ4v) is 1.71. The van der Waals surface area contributed by atoms with Crippen molar-refractivity contribution in [3.8, 4) is 5.75 Å². The van der Waals surface area contributed by atoms with Crippen LogP contribution in [0.2, 0.25) is 0 Å². The van der Waals surface area contributed by atoms with Crippen LogP contribution in [-0.2, 0) is 0 Å². The number of hydrogen-bond donors (Lipinski definition) is 0. The monoisotopic (exact) mass is 261 g/mol. The van der Waals surface area contributed by atoms with E-state index in [4.69, 9.17) is 4.74 Å². The molecular formula is C14H12FNO3. The number of nitrogens with zero attached hydrogens (tertiary/aromatic N) is 1. The molecule has 4 nitrogen and oxygen atoms in total. The van der Waals surface area contributed by atoms with Crippen molar-refractivity contribution < 1.29 is 14.1 Å². The molecule has 0 amide bonds. The van der Waals surface area contributed by atoms with E-state index in [-0.39, 0.29) is 11.9 Å². The van der Waals surface area contributed by atoms with Gasteiger partial charge in [-0.15, -0.1) is 0 Å². The molecule has 1 unspecified atom stereocenters. The Labute approximate surface area is 109 Å². The van der Waals surface area contributed by atoms with E-state index in [0.29, 0.717) is 0 Å². The maximum absolute atomic E-state index is 13.4. The lowest BCUT2D eigenvalue weighted by Crippen LogP contribution is -2.03. The Morgan fingerprint density at radius 1 is 1.21 bits per heavy atom. The molecule has 0 fully saturated rings. The van der Waals surface area contributed by atoms with Crippen LogP contribution in [0.1, 0.15) is 18.6 Å². The van der Waals surface area contributed by atoms with Crippen LogP contribution >= 0.6 is 0 Å². The molecule has 0 N–H and O–H groups in total. The maximum Gasteiger partial charge on any atom is 0.305 e. The normalized spacial score (nSPS) is 11.9. The molecule has 0 aliphatic carbocycles. The zero-order chi connectivity index (χ0) is 13.8. The summed E-state index contributed by atoms with van der Waals surface area (Å²) in [5.74, 6) is -0.637. The number of hydrogen-bond acceptors (Lipinski definition) is 3. The third kappa shape index (κ3) is 3.07. The zero-order valence-corrected chi connectivity index (χ0v) is 10.2. The summed E-state index contributed by atoms with van der Waals surface area (Å²) in [4.78, 5) is 9.74. The highest BCUT2D eigenvalue weighted by atomic mass is 19.1. The SMILES string of the molecule is CC(Oc1ccc([N+](=O)[O-])c(F)c1)c1ccccc1. The molecule has 0 aromatic heterocycles. The minimum Gasteiger partial charge on any atom is -0.486 e. The number of halogens is 1. The summed E-state index contributed by atoms with van der Waals surface area (Å²) < 4.78 is 19.0. The number of rotatable bonds is 4. The number of nitro groups is 1. The molecule has 0 aliphatic rings. The molecule has 0 saturated carbocycles. The Balaban J connectivity index is 2.16. The highest BCUT2D eigenvalue weighted by Crippen LogP contribution is 2.26. The van der Waals surface area contributed by atoms with Crippen molar-refractivity contribution in [1.82, 2.24) is 0 Å². The predicted octanol–water partition coefficient (Wildman–Crippen LogP) is 3.87. The van der Waals surface area contributed by atoms with Crippen LogP contribution < -0.4 is 4.74 Å². The third-order valence-corrected chi connectivity index (χ3v) is 2.70. The first-order valence-electron chi connectivity index (χ1n) is 5.73. The van der Waals surface area contributed by atoms with Crippen LogP contribution in [0.4, 0.5) is 10.1 Å². The van der Waals surface area contributed by atoms with E-state index >= 15 is 0 Å². The van der Waals surface area contributed by atoms with E-state index in [9.17, 15) is 14.5 Å². The van der Waals surface area contributed by atoms with Gasteiger partial charge in [0.2, 0.25) is 5.82 Å². The Hall–Kier alpha value is -2.43. The number of benzene rings is 2. The van der Waals surface area contributed by atoms with E-state index in [2.05, 4.69) is 0 Å². The second-order valence-electron chi connectivity index (χ2n) is 4.04. The van der Waals surface area contributed by atoms with E-state index < -0.39 is 16.4 Å². The van der Waals surface area contributed by atoms with Gasteiger partial charge in [0.25, 0.3) is 0 Å². The van der Waals surface area contributed by atoms with E-state index in [0.717, 1.165) is 17.7 Å². The van der Waals surface area contributed by atoms with Gasteiger partial charge in [0.1, 0.15) is 11.9 Å². The topological polar surface area (TPSA) is 52.4 Å². The quantitative estimate of drug-likeness (QED) is 0.620. The van der Waals surface area contributed by atoms with Crippen LogP contribution in [0, 0.1) is 15.9 Å². The first kappa shape index (κ1) is 13.0. The molecule has 0 radical (unpaired) electrons. The summed E-state index contributed by atoms with van der Waals surface area (Å²) in [6.07, 6.45) is -0.262. The Bertz CT molecular complexity index is 586. The second kappa shape index (κ2) is 5.48. The highest BCUT2D eigenvalue weighted by molar-refractivity contribution is 5.38. The summed E-state index contributed by atoms with van der Waals surface area (Å²) >= 11 is 0. The largest absolute Gasteiger partial charge is 0.486 e. The van der Waals surface area contributed by atoms with Gasteiger partial charge in [0.15, 0.2) is 0 Å².